The molecule has 0 spiro atoms. The van der Waals surface area contributed by atoms with E-state index in [4.69, 9.17) is 0 Å². The van der Waals surface area contributed by atoms with Crippen LogP contribution in [0.4, 0.5) is 0 Å². The second-order valence-corrected chi connectivity index (χ2v) is 5.11. The van der Waals surface area contributed by atoms with E-state index >= 15 is 0 Å². The Morgan fingerprint density at radius 3 is 2.36 bits per heavy atom. The lowest BCUT2D eigenvalue weighted by Crippen LogP contribution is -2.09. The van der Waals surface area contributed by atoms with Gasteiger partial charge in [0.15, 0.2) is 0 Å². The number of fused-ring (bicyclic) bond motifs is 1. The van der Waals surface area contributed by atoms with Crippen LogP contribution in [-0.4, -0.2) is 6.29 Å². The molecule has 1 aromatic carbocycles. The first kappa shape index (κ1) is 9.45. The topological polar surface area (TPSA) is 17.1 Å². The van der Waals surface area contributed by atoms with Gasteiger partial charge in [0.05, 0.1) is 0 Å². The number of carbonyl (C=O) groups is 1. The Morgan fingerprint density at radius 2 is 1.79 bits per heavy atom. The number of hydrogen-bond acceptors (Lipinski definition) is 1. The molecule has 0 heterocycles. The zero-order valence-electron chi connectivity index (χ0n) is 9.05. The molecule has 2 rings (SSSR count). The molecule has 0 radical (unpaired) electrons. The summed E-state index contributed by atoms with van der Waals surface area (Å²) in [4.78, 5) is 10.8. The predicted molar refractivity (Wildman–Crippen MR) is 57.8 cm³/mol. The monoisotopic (exact) mass is 188 g/mol. The highest BCUT2D eigenvalue weighted by Crippen LogP contribution is 2.37. The third-order valence-electron chi connectivity index (χ3n) is 3.05. The Morgan fingerprint density at radius 1 is 1.21 bits per heavy atom. The quantitative estimate of drug-likeness (QED) is 0.619. The first-order chi connectivity index (χ1) is 6.52. The molecular formula is C13H16O. The Hall–Kier alpha value is -1.11. The van der Waals surface area contributed by atoms with Gasteiger partial charge in [-0.25, -0.2) is 0 Å². The fourth-order valence-electron chi connectivity index (χ4n) is 2.38. The fraction of sp³-hybridized carbons (Fsp3) is 0.462. The molecule has 0 saturated carbocycles. The van der Waals surface area contributed by atoms with Gasteiger partial charge in [-0.15, -0.1) is 0 Å². The van der Waals surface area contributed by atoms with E-state index < -0.39 is 0 Å². The number of benzene rings is 1. The van der Waals surface area contributed by atoms with Crippen molar-refractivity contribution in [3.8, 4) is 0 Å². The van der Waals surface area contributed by atoms with Crippen molar-refractivity contribution in [2.45, 2.75) is 33.6 Å². The molecule has 0 bridgehead atoms. The average molecular weight is 188 g/mol. The minimum absolute atomic E-state index is 0.371. The minimum atomic E-state index is 0.371. The molecule has 0 atom stereocenters. The molecule has 0 fully saturated rings. The van der Waals surface area contributed by atoms with E-state index in [9.17, 15) is 4.79 Å². The average Bonchev–Trinajstić information content (AvgIpc) is 2.36. The zero-order valence-corrected chi connectivity index (χ0v) is 9.05. The Bertz CT molecular complexity index is 388. The Balaban J connectivity index is 2.49. The lowest BCUT2D eigenvalue weighted by molar-refractivity contribution is 0.112. The molecular weight excluding hydrogens is 172 g/mol. The Labute approximate surface area is 85.1 Å². The van der Waals surface area contributed by atoms with Crippen LogP contribution in [0.3, 0.4) is 0 Å². The molecule has 1 aliphatic carbocycles. The van der Waals surface area contributed by atoms with Crippen molar-refractivity contribution in [3.05, 3.63) is 34.4 Å². The molecule has 1 nitrogen and oxygen atoms in total. The van der Waals surface area contributed by atoms with Crippen molar-refractivity contribution in [1.82, 2.24) is 0 Å². The maximum absolute atomic E-state index is 10.8. The molecule has 74 valence electrons. The van der Waals surface area contributed by atoms with Crippen LogP contribution in [-0.2, 0) is 12.8 Å². The molecule has 1 aliphatic rings. The van der Waals surface area contributed by atoms with E-state index in [-0.39, 0.29) is 0 Å². The number of hydrogen-bond donors (Lipinski definition) is 0. The van der Waals surface area contributed by atoms with Gasteiger partial charge in [0, 0.05) is 5.56 Å². The summed E-state index contributed by atoms with van der Waals surface area (Å²) in [5.74, 6) is 0. The van der Waals surface area contributed by atoms with E-state index in [1.807, 2.05) is 6.92 Å². The fourth-order valence-corrected chi connectivity index (χ4v) is 2.38. The van der Waals surface area contributed by atoms with Gasteiger partial charge >= 0.3 is 0 Å². The smallest absolute Gasteiger partial charge is 0.150 e. The van der Waals surface area contributed by atoms with Crippen molar-refractivity contribution < 1.29 is 4.79 Å². The second-order valence-electron chi connectivity index (χ2n) is 5.11. The van der Waals surface area contributed by atoms with Crippen LogP contribution in [0.2, 0.25) is 0 Å². The summed E-state index contributed by atoms with van der Waals surface area (Å²) in [5.41, 5.74) is 5.12. The normalized spacial score (nSPS) is 17.9. The molecule has 0 amide bonds. The van der Waals surface area contributed by atoms with Gasteiger partial charge in [0.1, 0.15) is 6.29 Å². The SMILES string of the molecule is Cc1cc2c(cc1C=O)CC(C)(C)C2. The van der Waals surface area contributed by atoms with Crippen LogP contribution in [0.25, 0.3) is 0 Å². The molecule has 0 N–H and O–H groups in total. The van der Waals surface area contributed by atoms with Gasteiger partial charge in [-0.1, -0.05) is 19.9 Å². The summed E-state index contributed by atoms with van der Waals surface area (Å²) >= 11 is 0. The first-order valence-corrected chi connectivity index (χ1v) is 5.09. The lowest BCUT2D eigenvalue weighted by atomic mass is 9.90. The first-order valence-electron chi connectivity index (χ1n) is 5.09. The number of rotatable bonds is 1. The minimum Gasteiger partial charge on any atom is -0.298 e. The van der Waals surface area contributed by atoms with Crippen molar-refractivity contribution in [2.24, 2.45) is 5.41 Å². The molecule has 0 saturated heterocycles. The van der Waals surface area contributed by atoms with Crippen molar-refractivity contribution >= 4 is 6.29 Å². The standard InChI is InChI=1S/C13H16O/c1-9-4-10-6-13(2,3)7-11(10)5-12(9)8-14/h4-5,8H,6-7H2,1-3H3. The van der Waals surface area contributed by atoms with Crippen molar-refractivity contribution in [1.29, 1.82) is 0 Å². The van der Waals surface area contributed by atoms with E-state index in [1.54, 1.807) is 0 Å². The molecule has 0 aliphatic heterocycles. The van der Waals surface area contributed by atoms with E-state index in [1.165, 1.54) is 11.1 Å². The highest BCUT2D eigenvalue weighted by molar-refractivity contribution is 5.78. The van der Waals surface area contributed by atoms with E-state index in [0.717, 1.165) is 30.3 Å². The largest absolute Gasteiger partial charge is 0.298 e. The summed E-state index contributed by atoms with van der Waals surface area (Å²) in [6, 6.07) is 4.24. The maximum Gasteiger partial charge on any atom is 0.150 e. The number of aldehydes is 1. The van der Waals surface area contributed by atoms with E-state index in [2.05, 4.69) is 26.0 Å². The van der Waals surface area contributed by atoms with Gasteiger partial charge in [-0.3, -0.25) is 4.79 Å². The van der Waals surface area contributed by atoms with Gasteiger partial charge in [0.25, 0.3) is 0 Å². The van der Waals surface area contributed by atoms with Crippen LogP contribution in [0.1, 0.15) is 40.9 Å². The Kier molecular flexibility index (Phi) is 1.99. The summed E-state index contributed by atoms with van der Waals surface area (Å²) in [5, 5.41) is 0. The molecule has 0 aromatic heterocycles. The summed E-state index contributed by atoms with van der Waals surface area (Å²) in [7, 11) is 0. The molecule has 0 unspecified atom stereocenters. The summed E-state index contributed by atoms with van der Waals surface area (Å²) < 4.78 is 0. The third kappa shape index (κ3) is 1.47. The predicted octanol–water partition coefficient (Wildman–Crippen LogP) is 2.93. The highest BCUT2D eigenvalue weighted by Gasteiger charge is 2.28. The summed E-state index contributed by atoms with van der Waals surface area (Å²) in [6.45, 7) is 6.57. The van der Waals surface area contributed by atoms with Crippen LogP contribution in [0, 0.1) is 12.3 Å². The van der Waals surface area contributed by atoms with Crippen LogP contribution in [0.5, 0.6) is 0 Å². The van der Waals surface area contributed by atoms with Gasteiger partial charge in [-0.2, -0.15) is 0 Å². The van der Waals surface area contributed by atoms with Crippen molar-refractivity contribution in [3.63, 3.8) is 0 Å². The maximum atomic E-state index is 10.8. The lowest BCUT2D eigenvalue weighted by Gasteiger charge is -2.14. The molecule has 1 heteroatoms. The zero-order chi connectivity index (χ0) is 10.3. The second kappa shape index (κ2) is 2.94. The van der Waals surface area contributed by atoms with E-state index in [0.29, 0.717) is 5.41 Å². The van der Waals surface area contributed by atoms with Gasteiger partial charge in [0.2, 0.25) is 0 Å². The van der Waals surface area contributed by atoms with Crippen LogP contribution in [0.15, 0.2) is 12.1 Å². The molecule has 14 heavy (non-hydrogen) atoms. The van der Waals surface area contributed by atoms with Gasteiger partial charge < -0.3 is 0 Å². The molecule has 1 aromatic rings. The third-order valence-corrected chi connectivity index (χ3v) is 3.05. The highest BCUT2D eigenvalue weighted by atomic mass is 16.1. The number of aryl methyl sites for hydroxylation is 1. The van der Waals surface area contributed by atoms with Crippen LogP contribution >= 0.6 is 0 Å². The summed E-state index contributed by atoms with van der Waals surface area (Å²) in [6.07, 6.45) is 3.20. The van der Waals surface area contributed by atoms with Gasteiger partial charge in [-0.05, 0) is 47.9 Å². The number of carbonyl (C=O) groups excluding carboxylic acids is 1. The van der Waals surface area contributed by atoms with Crippen molar-refractivity contribution in [2.75, 3.05) is 0 Å². The van der Waals surface area contributed by atoms with Crippen LogP contribution < -0.4 is 0 Å².